The summed E-state index contributed by atoms with van der Waals surface area (Å²) in [4.78, 5) is 41.8. The summed E-state index contributed by atoms with van der Waals surface area (Å²) in [6.45, 7) is 13.9. The summed E-state index contributed by atoms with van der Waals surface area (Å²) >= 11 is 0. The van der Waals surface area contributed by atoms with Gasteiger partial charge in [0.2, 0.25) is 17.7 Å². The number of hydrogen-bond acceptors (Lipinski definition) is 4. The first-order valence-electron chi connectivity index (χ1n) is 8.75. The van der Waals surface area contributed by atoms with Crippen molar-refractivity contribution in [2.75, 3.05) is 52.4 Å². The fraction of sp³-hybridized carbons (Fsp3) is 0.824. The van der Waals surface area contributed by atoms with Crippen molar-refractivity contribution in [3.05, 3.63) is 0 Å². The average molecular weight is 340 g/mol. The zero-order chi connectivity index (χ0) is 18.3. The van der Waals surface area contributed by atoms with Crippen molar-refractivity contribution >= 4 is 17.7 Å². The third-order valence-electron chi connectivity index (χ3n) is 4.28. The van der Waals surface area contributed by atoms with E-state index < -0.39 is 5.41 Å². The second-order valence-electron chi connectivity index (χ2n) is 7.16. The third-order valence-corrected chi connectivity index (χ3v) is 4.28. The van der Waals surface area contributed by atoms with E-state index in [0.717, 1.165) is 13.1 Å². The highest BCUT2D eigenvalue weighted by Gasteiger charge is 2.25. The van der Waals surface area contributed by atoms with Crippen molar-refractivity contribution in [3.8, 4) is 0 Å². The Morgan fingerprint density at radius 2 is 1.54 bits per heavy atom. The molecule has 0 saturated carbocycles. The molecule has 1 rings (SSSR count). The summed E-state index contributed by atoms with van der Waals surface area (Å²) in [6, 6.07) is 0. The van der Waals surface area contributed by atoms with Crippen molar-refractivity contribution in [3.63, 3.8) is 0 Å². The van der Waals surface area contributed by atoms with E-state index >= 15 is 0 Å². The molecule has 0 atom stereocenters. The molecule has 0 bridgehead atoms. The van der Waals surface area contributed by atoms with Crippen molar-refractivity contribution < 1.29 is 14.4 Å². The number of nitrogens with one attached hydrogen (secondary N) is 1. The van der Waals surface area contributed by atoms with Crippen LogP contribution in [0.5, 0.6) is 0 Å². The van der Waals surface area contributed by atoms with Crippen LogP contribution in [0.3, 0.4) is 0 Å². The lowest BCUT2D eigenvalue weighted by molar-refractivity contribution is -0.137. The van der Waals surface area contributed by atoms with Gasteiger partial charge in [-0.05, 0) is 13.8 Å². The lowest BCUT2D eigenvalue weighted by Crippen LogP contribution is -2.53. The number of carbonyl (C=O) groups is 3. The molecular weight excluding hydrogens is 308 g/mol. The van der Waals surface area contributed by atoms with E-state index in [9.17, 15) is 14.4 Å². The van der Waals surface area contributed by atoms with Gasteiger partial charge in [0.15, 0.2) is 0 Å². The van der Waals surface area contributed by atoms with Gasteiger partial charge >= 0.3 is 0 Å². The van der Waals surface area contributed by atoms with Crippen LogP contribution in [0.2, 0.25) is 0 Å². The molecule has 0 aliphatic carbocycles. The lowest BCUT2D eigenvalue weighted by atomic mass is 9.96. The van der Waals surface area contributed by atoms with Crippen LogP contribution in [0.1, 0.15) is 34.6 Å². The van der Waals surface area contributed by atoms with Crippen molar-refractivity contribution in [2.24, 2.45) is 5.41 Å². The van der Waals surface area contributed by atoms with Gasteiger partial charge in [-0.15, -0.1) is 0 Å². The normalized spacial score (nSPS) is 16.0. The molecule has 1 saturated heterocycles. The van der Waals surface area contributed by atoms with E-state index in [4.69, 9.17) is 0 Å². The van der Waals surface area contributed by atoms with Crippen LogP contribution in [0.15, 0.2) is 0 Å². The summed E-state index contributed by atoms with van der Waals surface area (Å²) in [5.41, 5.74) is -0.496. The molecule has 0 aromatic rings. The van der Waals surface area contributed by atoms with E-state index in [1.165, 1.54) is 0 Å². The number of nitrogens with zero attached hydrogens (tertiary/aromatic N) is 3. The minimum absolute atomic E-state index is 0.0362. The SMILES string of the molecule is CCN(CC)C(=O)CN1CCN(C(=O)CNC(=O)C(C)(C)C)CC1. The van der Waals surface area contributed by atoms with Crippen LogP contribution in [0.25, 0.3) is 0 Å². The molecule has 7 nitrogen and oxygen atoms in total. The first kappa shape index (κ1) is 20.4. The quantitative estimate of drug-likeness (QED) is 0.748. The van der Waals surface area contributed by atoms with Gasteiger partial charge < -0.3 is 15.1 Å². The molecule has 1 aliphatic rings. The minimum Gasteiger partial charge on any atom is -0.347 e. The first-order chi connectivity index (χ1) is 11.2. The highest BCUT2D eigenvalue weighted by atomic mass is 16.2. The summed E-state index contributed by atoms with van der Waals surface area (Å²) in [5, 5.41) is 2.69. The van der Waals surface area contributed by atoms with Gasteiger partial charge in [-0.2, -0.15) is 0 Å². The molecule has 1 N–H and O–H groups in total. The largest absolute Gasteiger partial charge is 0.347 e. The number of hydrogen-bond donors (Lipinski definition) is 1. The number of carbonyl (C=O) groups excluding carboxylic acids is 3. The molecule has 0 unspecified atom stereocenters. The number of piperazine rings is 1. The highest BCUT2D eigenvalue weighted by molar-refractivity contribution is 5.87. The number of rotatable bonds is 6. The maximum Gasteiger partial charge on any atom is 0.242 e. The van der Waals surface area contributed by atoms with E-state index in [1.807, 2.05) is 39.5 Å². The molecule has 0 radical (unpaired) electrons. The lowest BCUT2D eigenvalue weighted by Gasteiger charge is -2.35. The highest BCUT2D eigenvalue weighted by Crippen LogP contribution is 2.12. The van der Waals surface area contributed by atoms with E-state index in [0.29, 0.717) is 32.7 Å². The van der Waals surface area contributed by atoms with Gasteiger partial charge in [0.25, 0.3) is 0 Å². The van der Waals surface area contributed by atoms with E-state index in [1.54, 1.807) is 4.90 Å². The Morgan fingerprint density at radius 1 is 1.00 bits per heavy atom. The topological polar surface area (TPSA) is 73.0 Å². The maximum atomic E-state index is 12.2. The Bertz CT molecular complexity index is 447. The smallest absolute Gasteiger partial charge is 0.242 e. The molecule has 138 valence electrons. The monoisotopic (exact) mass is 340 g/mol. The second kappa shape index (κ2) is 9.01. The molecule has 7 heteroatoms. The first-order valence-corrected chi connectivity index (χ1v) is 8.75. The van der Waals surface area contributed by atoms with E-state index in [2.05, 4.69) is 10.2 Å². The van der Waals surface area contributed by atoms with Gasteiger partial charge in [0.1, 0.15) is 0 Å². The Morgan fingerprint density at radius 3 is 2.00 bits per heavy atom. The Balaban J connectivity index is 2.36. The van der Waals surface area contributed by atoms with Crippen LogP contribution in [0, 0.1) is 5.41 Å². The predicted octanol–water partition coefficient (Wildman–Crippen LogP) is 0.161. The Kier molecular flexibility index (Phi) is 7.66. The average Bonchev–Trinajstić information content (AvgIpc) is 2.53. The van der Waals surface area contributed by atoms with E-state index in [-0.39, 0.29) is 24.3 Å². The van der Waals surface area contributed by atoms with Crippen molar-refractivity contribution in [2.45, 2.75) is 34.6 Å². The van der Waals surface area contributed by atoms with Crippen molar-refractivity contribution in [1.82, 2.24) is 20.0 Å². The molecular formula is C17H32N4O3. The van der Waals surface area contributed by atoms with Crippen molar-refractivity contribution in [1.29, 1.82) is 0 Å². The summed E-state index contributed by atoms with van der Waals surface area (Å²) < 4.78 is 0. The molecule has 0 aromatic heterocycles. The summed E-state index contributed by atoms with van der Waals surface area (Å²) in [7, 11) is 0. The molecule has 24 heavy (non-hydrogen) atoms. The van der Waals surface area contributed by atoms with Crippen LogP contribution < -0.4 is 5.32 Å². The predicted molar refractivity (Wildman–Crippen MR) is 93.4 cm³/mol. The fourth-order valence-electron chi connectivity index (χ4n) is 2.56. The second-order valence-corrected chi connectivity index (χ2v) is 7.16. The standard InChI is InChI=1S/C17H32N4O3/c1-6-20(7-2)15(23)13-19-8-10-21(11-9-19)14(22)12-18-16(24)17(3,4)5/h6-13H2,1-5H3,(H,18,24). The van der Waals surface area contributed by atoms with Gasteiger partial charge in [0.05, 0.1) is 13.1 Å². The third kappa shape index (κ3) is 6.11. The molecule has 1 heterocycles. The van der Waals surface area contributed by atoms with Crippen LogP contribution in [-0.2, 0) is 14.4 Å². The van der Waals surface area contributed by atoms with Gasteiger partial charge in [0, 0.05) is 44.7 Å². The fourth-order valence-corrected chi connectivity index (χ4v) is 2.56. The molecule has 1 fully saturated rings. The van der Waals surface area contributed by atoms with Gasteiger partial charge in [-0.1, -0.05) is 20.8 Å². The number of likely N-dealkylation sites (N-methyl/N-ethyl adjacent to an activating group) is 1. The number of amides is 3. The van der Waals surface area contributed by atoms with Crippen LogP contribution in [-0.4, -0.2) is 84.8 Å². The summed E-state index contributed by atoms with van der Waals surface area (Å²) in [6.07, 6.45) is 0. The molecule has 3 amide bonds. The maximum absolute atomic E-state index is 12.2. The summed E-state index contributed by atoms with van der Waals surface area (Å²) in [5.74, 6) is -0.0566. The minimum atomic E-state index is -0.496. The van der Waals surface area contributed by atoms with Crippen LogP contribution >= 0.6 is 0 Å². The van der Waals surface area contributed by atoms with Gasteiger partial charge in [-0.3, -0.25) is 19.3 Å². The molecule has 0 aromatic carbocycles. The Hall–Kier alpha value is -1.63. The molecule has 0 spiro atoms. The zero-order valence-corrected chi connectivity index (χ0v) is 15.7. The zero-order valence-electron chi connectivity index (χ0n) is 15.7. The Labute approximate surface area is 145 Å². The molecule has 1 aliphatic heterocycles. The van der Waals surface area contributed by atoms with Gasteiger partial charge in [-0.25, -0.2) is 0 Å². The van der Waals surface area contributed by atoms with Crippen LogP contribution in [0.4, 0.5) is 0 Å².